The van der Waals surface area contributed by atoms with Gasteiger partial charge in [-0.3, -0.25) is 4.79 Å². The first-order valence-electron chi connectivity index (χ1n) is 6.94. The van der Waals surface area contributed by atoms with Crippen LogP contribution in [0.2, 0.25) is 0 Å². The summed E-state index contributed by atoms with van der Waals surface area (Å²) in [5.41, 5.74) is 6.21. The highest BCUT2D eigenvalue weighted by Gasteiger charge is 2.15. The molecule has 0 saturated heterocycles. The quantitative estimate of drug-likeness (QED) is 0.755. The van der Waals surface area contributed by atoms with Crippen LogP contribution in [0, 0.1) is 5.92 Å². The number of nitrogens with one attached hydrogen (secondary N) is 1. The maximum Gasteiger partial charge on any atom is 0.268 e. The van der Waals surface area contributed by atoms with Crippen molar-refractivity contribution in [2.45, 2.75) is 20.3 Å². The van der Waals surface area contributed by atoms with Gasteiger partial charge in [0.15, 0.2) is 0 Å². The lowest BCUT2D eigenvalue weighted by Gasteiger charge is -1.99. The summed E-state index contributed by atoms with van der Waals surface area (Å²) >= 11 is 1.65. The Hall–Kier alpha value is -2.41. The molecule has 0 aliphatic carbocycles. The Morgan fingerprint density at radius 3 is 2.95 bits per heavy atom. The van der Waals surface area contributed by atoms with Gasteiger partial charge in [0.25, 0.3) is 5.89 Å². The van der Waals surface area contributed by atoms with Gasteiger partial charge in [0.2, 0.25) is 11.7 Å². The van der Waals surface area contributed by atoms with Crippen LogP contribution in [0.1, 0.15) is 29.1 Å². The second kappa shape index (κ2) is 5.76. The van der Waals surface area contributed by atoms with E-state index in [9.17, 15) is 4.79 Å². The molecule has 0 aromatic carbocycles. The van der Waals surface area contributed by atoms with E-state index >= 15 is 0 Å². The molecule has 0 aliphatic rings. The number of carbonyl (C=O) groups is 1. The molecule has 0 radical (unpaired) electrons. The minimum absolute atomic E-state index is 0.386. The molecule has 6 nitrogen and oxygen atoms in total. The molecule has 0 aliphatic heterocycles. The number of thiophene rings is 1. The molecule has 3 N–H and O–H groups in total. The van der Waals surface area contributed by atoms with Gasteiger partial charge in [-0.05, 0) is 30.5 Å². The van der Waals surface area contributed by atoms with Crippen molar-refractivity contribution < 1.29 is 9.32 Å². The number of hydrogen-bond donors (Lipinski definition) is 2. The van der Waals surface area contributed by atoms with Crippen molar-refractivity contribution in [1.29, 1.82) is 0 Å². The van der Waals surface area contributed by atoms with Crippen LogP contribution < -0.4 is 5.73 Å². The van der Waals surface area contributed by atoms with Crippen LogP contribution in [0.5, 0.6) is 0 Å². The molecule has 114 valence electrons. The van der Waals surface area contributed by atoms with Crippen LogP contribution >= 0.6 is 11.3 Å². The number of nitrogens with zero attached hydrogens (tertiary/aromatic N) is 2. The van der Waals surface area contributed by atoms with Crippen molar-refractivity contribution in [3.05, 3.63) is 34.8 Å². The molecule has 0 fully saturated rings. The van der Waals surface area contributed by atoms with Crippen molar-refractivity contribution in [3.63, 3.8) is 0 Å². The molecule has 3 rings (SSSR count). The van der Waals surface area contributed by atoms with Gasteiger partial charge < -0.3 is 15.2 Å². The highest BCUT2D eigenvalue weighted by Crippen LogP contribution is 2.29. The van der Waals surface area contributed by atoms with Crippen LogP contribution in [0.3, 0.4) is 0 Å². The number of primary amides is 1. The van der Waals surface area contributed by atoms with Gasteiger partial charge in [0, 0.05) is 11.1 Å². The number of aromatic amines is 1. The van der Waals surface area contributed by atoms with E-state index in [2.05, 4.69) is 35.0 Å². The van der Waals surface area contributed by atoms with Gasteiger partial charge in [0.05, 0.1) is 16.1 Å². The lowest BCUT2D eigenvalue weighted by Crippen LogP contribution is -2.09. The van der Waals surface area contributed by atoms with E-state index in [0.29, 0.717) is 28.9 Å². The Morgan fingerprint density at radius 1 is 1.45 bits per heavy atom. The molecule has 1 amide bonds. The van der Waals surface area contributed by atoms with Crippen molar-refractivity contribution in [2.24, 2.45) is 11.7 Å². The summed E-state index contributed by atoms with van der Waals surface area (Å²) in [6.07, 6.45) is 2.56. The fraction of sp³-hybridized carbons (Fsp3) is 0.267. The van der Waals surface area contributed by atoms with Crippen LogP contribution in [0.25, 0.3) is 22.3 Å². The molecule has 0 saturated carbocycles. The highest BCUT2D eigenvalue weighted by atomic mass is 32.1. The first kappa shape index (κ1) is 14.5. The molecule has 0 atom stereocenters. The normalized spacial score (nSPS) is 11.2. The Bertz CT molecular complexity index is 800. The van der Waals surface area contributed by atoms with E-state index in [4.69, 9.17) is 10.3 Å². The molecular weight excluding hydrogens is 300 g/mol. The Balaban J connectivity index is 1.83. The fourth-order valence-corrected chi connectivity index (χ4v) is 3.25. The molecule has 3 aromatic heterocycles. The summed E-state index contributed by atoms with van der Waals surface area (Å²) < 4.78 is 5.31. The molecule has 22 heavy (non-hydrogen) atoms. The number of hydrogen-bond acceptors (Lipinski definition) is 5. The summed E-state index contributed by atoms with van der Waals surface area (Å²) in [6, 6.07) is 5.68. The molecule has 0 spiro atoms. The standard InChI is InChI=1S/C15H16N4O2S/c1-8(2)5-10-3-4-12(22-10)15-18-14(19-21-15)11-6-9(7-17-11)13(16)20/h3-4,6-8,17H,5H2,1-2H3,(H2,16,20). The average Bonchev–Trinajstić information content (AvgIpc) is 3.17. The zero-order valence-corrected chi connectivity index (χ0v) is 13.1. The zero-order chi connectivity index (χ0) is 15.7. The highest BCUT2D eigenvalue weighted by molar-refractivity contribution is 7.15. The number of aromatic nitrogens is 3. The Kier molecular flexibility index (Phi) is 3.81. The third-order valence-electron chi connectivity index (χ3n) is 3.12. The van der Waals surface area contributed by atoms with E-state index in [-0.39, 0.29) is 0 Å². The number of rotatable bonds is 5. The SMILES string of the molecule is CC(C)Cc1ccc(-c2nc(-c3cc(C(N)=O)c[nH]3)no2)s1. The summed E-state index contributed by atoms with van der Waals surface area (Å²) in [5, 5.41) is 3.94. The minimum atomic E-state index is -0.497. The molecule has 3 aromatic rings. The number of amides is 1. The van der Waals surface area contributed by atoms with E-state index in [0.717, 1.165) is 11.3 Å². The van der Waals surface area contributed by atoms with Crippen molar-refractivity contribution >= 4 is 17.2 Å². The van der Waals surface area contributed by atoms with Crippen LogP contribution in [0.4, 0.5) is 0 Å². The van der Waals surface area contributed by atoms with E-state index in [1.165, 1.54) is 11.1 Å². The lowest BCUT2D eigenvalue weighted by molar-refractivity contribution is 0.100. The summed E-state index contributed by atoms with van der Waals surface area (Å²) in [5.74, 6) is 0.991. The molecule has 0 unspecified atom stereocenters. The van der Waals surface area contributed by atoms with E-state index in [1.807, 2.05) is 6.07 Å². The van der Waals surface area contributed by atoms with Crippen molar-refractivity contribution in [1.82, 2.24) is 15.1 Å². The van der Waals surface area contributed by atoms with Crippen molar-refractivity contribution in [3.8, 4) is 22.3 Å². The Morgan fingerprint density at radius 2 is 2.27 bits per heavy atom. The molecule has 0 bridgehead atoms. The smallest absolute Gasteiger partial charge is 0.268 e. The van der Waals surface area contributed by atoms with Crippen molar-refractivity contribution in [2.75, 3.05) is 0 Å². The first-order valence-corrected chi connectivity index (χ1v) is 7.76. The summed E-state index contributed by atoms with van der Waals surface area (Å²) in [6.45, 7) is 4.37. The monoisotopic (exact) mass is 316 g/mol. The van der Waals surface area contributed by atoms with Crippen LogP contribution in [-0.4, -0.2) is 21.0 Å². The van der Waals surface area contributed by atoms with Crippen LogP contribution in [0.15, 0.2) is 28.9 Å². The van der Waals surface area contributed by atoms with Gasteiger partial charge in [0.1, 0.15) is 0 Å². The third kappa shape index (κ3) is 2.94. The minimum Gasteiger partial charge on any atom is -0.366 e. The molecular formula is C15H16N4O2S. The van der Waals surface area contributed by atoms with E-state index in [1.54, 1.807) is 17.4 Å². The average molecular weight is 316 g/mol. The van der Waals surface area contributed by atoms with Gasteiger partial charge >= 0.3 is 0 Å². The summed E-state index contributed by atoms with van der Waals surface area (Å²) in [7, 11) is 0. The second-order valence-corrected chi connectivity index (χ2v) is 6.62. The predicted molar refractivity (Wildman–Crippen MR) is 84.5 cm³/mol. The fourth-order valence-electron chi connectivity index (χ4n) is 2.10. The summed E-state index contributed by atoms with van der Waals surface area (Å²) in [4.78, 5) is 20.6. The maximum atomic E-state index is 11.1. The Labute approximate surface area is 131 Å². The largest absolute Gasteiger partial charge is 0.366 e. The number of H-pyrrole nitrogens is 1. The maximum absolute atomic E-state index is 11.1. The third-order valence-corrected chi connectivity index (χ3v) is 4.21. The topological polar surface area (TPSA) is 97.8 Å². The van der Waals surface area contributed by atoms with Gasteiger partial charge in [-0.25, -0.2) is 0 Å². The predicted octanol–water partition coefficient (Wildman–Crippen LogP) is 3.09. The zero-order valence-electron chi connectivity index (χ0n) is 12.3. The number of nitrogens with two attached hydrogens (primary N) is 1. The van der Waals surface area contributed by atoms with Gasteiger partial charge in [-0.2, -0.15) is 4.98 Å². The van der Waals surface area contributed by atoms with Gasteiger partial charge in [-0.1, -0.05) is 19.0 Å². The molecule has 7 heteroatoms. The number of carbonyl (C=O) groups excluding carboxylic acids is 1. The lowest BCUT2D eigenvalue weighted by atomic mass is 10.1. The second-order valence-electron chi connectivity index (χ2n) is 5.45. The van der Waals surface area contributed by atoms with Crippen LogP contribution in [-0.2, 0) is 6.42 Å². The molecule has 3 heterocycles. The van der Waals surface area contributed by atoms with E-state index < -0.39 is 5.91 Å². The van der Waals surface area contributed by atoms with Gasteiger partial charge in [-0.15, -0.1) is 11.3 Å². The first-order chi connectivity index (χ1) is 10.5.